The predicted molar refractivity (Wildman–Crippen MR) is 80.5 cm³/mol. The molecule has 3 amide bonds. The molecule has 0 unspecified atom stereocenters. The average Bonchev–Trinajstić information content (AvgIpc) is 2.68. The summed E-state index contributed by atoms with van der Waals surface area (Å²) in [6, 6.07) is 5.81. The van der Waals surface area contributed by atoms with Crippen LogP contribution in [0.15, 0.2) is 29.2 Å². The van der Waals surface area contributed by atoms with Crippen molar-refractivity contribution in [3.8, 4) is 0 Å². The summed E-state index contributed by atoms with van der Waals surface area (Å²) in [7, 11) is -3.74. The van der Waals surface area contributed by atoms with Gasteiger partial charge in [-0.3, -0.25) is 9.69 Å². The monoisotopic (exact) mass is 325 g/mol. The number of hydrogen-bond donors (Lipinski definition) is 2. The summed E-state index contributed by atoms with van der Waals surface area (Å²) >= 11 is 0. The zero-order valence-corrected chi connectivity index (χ0v) is 13.5. The number of amides is 3. The highest BCUT2D eigenvalue weighted by Gasteiger charge is 2.31. The number of hydrogen-bond acceptors (Lipinski definition) is 4. The van der Waals surface area contributed by atoms with Gasteiger partial charge in [0.1, 0.15) is 0 Å². The number of rotatable bonds is 4. The van der Waals surface area contributed by atoms with E-state index in [1.807, 2.05) is 0 Å². The minimum absolute atomic E-state index is 0.0615. The van der Waals surface area contributed by atoms with Crippen LogP contribution in [0.5, 0.6) is 0 Å². The van der Waals surface area contributed by atoms with Gasteiger partial charge < -0.3 is 5.32 Å². The maximum absolute atomic E-state index is 12.5. The Hall–Kier alpha value is -1.93. The number of imide groups is 1. The first kappa shape index (κ1) is 16.4. The molecule has 22 heavy (non-hydrogen) atoms. The second kappa shape index (κ2) is 5.69. The SMILES string of the molecule is CC(C)(C)NS(=O)(=O)c1ccccc1CN1C(=O)CNC1=O. The Morgan fingerprint density at radius 3 is 2.41 bits per heavy atom. The molecule has 1 fully saturated rings. The van der Waals surface area contributed by atoms with Gasteiger partial charge in [-0.15, -0.1) is 0 Å². The van der Waals surface area contributed by atoms with Crippen LogP contribution in [0.4, 0.5) is 4.79 Å². The van der Waals surface area contributed by atoms with Gasteiger partial charge in [-0.05, 0) is 32.4 Å². The van der Waals surface area contributed by atoms with Crippen LogP contribution in [0, 0.1) is 0 Å². The average molecular weight is 325 g/mol. The molecule has 0 aliphatic carbocycles. The van der Waals surface area contributed by atoms with Gasteiger partial charge in [-0.25, -0.2) is 17.9 Å². The first-order valence-electron chi connectivity index (χ1n) is 6.80. The van der Waals surface area contributed by atoms with Crippen molar-refractivity contribution in [2.45, 2.75) is 37.8 Å². The molecule has 1 heterocycles. The van der Waals surface area contributed by atoms with E-state index in [1.54, 1.807) is 39.0 Å². The van der Waals surface area contributed by atoms with Gasteiger partial charge in [0.15, 0.2) is 0 Å². The molecule has 1 aliphatic rings. The predicted octanol–water partition coefficient (Wildman–Crippen LogP) is 0.815. The molecule has 1 aromatic carbocycles. The molecule has 2 N–H and O–H groups in total. The topological polar surface area (TPSA) is 95.6 Å². The zero-order chi connectivity index (χ0) is 16.5. The molecule has 1 aromatic rings. The lowest BCUT2D eigenvalue weighted by Crippen LogP contribution is -2.41. The molecule has 0 atom stereocenters. The van der Waals surface area contributed by atoms with Crippen molar-refractivity contribution < 1.29 is 18.0 Å². The lowest BCUT2D eigenvalue weighted by molar-refractivity contribution is -0.125. The largest absolute Gasteiger partial charge is 0.329 e. The van der Waals surface area contributed by atoms with E-state index in [0.29, 0.717) is 5.56 Å². The Bertz CT molecular complexity index is 691. The third-order valence-electron chi connectivity index (χ3n) is 2.97. The molecule has 1 saturated heterocycles. The fourth-order valence-electron chi connectivity index (χ4n) is 2.14. The second-order valence-electron chi connectivity index (χ2n) is 6.10. The molecule has 120 valence electrons. The summed E-state index contributed by atoms with van der Waals surface area (Å²) < 4.78 is 27.5. The molecule has 8 heteroatoms. The minimum atomic E-state index is -3.74. The van der Waals surface area contributed by atoms with Crippen molar-refractivity contribution in [2.24, 2.45) is 0 Å². The van der Waals surface area contributed by atoms with Crippen LogP contribution in [0.25, 0.3) is 0 Å². The summed E-state index contributed by atoms with van der Waals surface area (Å²) in [5, 5.41) is 2.41. The van der Waals surface area contributed by atoms with Crippen LogP contribution in [-0.2, 0) is 21.4 Å². The Kier molecular flexibility index (Phi) is 4.25. The molecular formula is C14H19N3O4S. The Labute approximate surface area is 129 Å². The number of benzene rings is 1. The first-order chi connectivity index (χ1) is 10.1. The van der Waals surface area contributed by atoms with Gasteiger partial charge in [0.05, 0.1) is 18.0 Å². The molecule has 1 aliphatic heterocycles. The maximum Gasteiger partial charge on any atom is 0.324 e. The number of carbonyl (C=O) groups excluding carboxylic acids is 2. The molecule has 2 rings (SSSR count). The molecule has 0 radical (unpaired) electrons. The Morgan fingerprint density at radius 1 is 1.23 bits per heavy atom. The number of urea groups is 1. The van der Waals surface area contributed by atoms with E-state index in [0.717, 1.165) is 4.90 Å². The number of nitrogens with zero attached hydrogens (tertiary/aromatic N) is 1. The van der Waals surface area contributed by atoms with Crippen molar-refractivity contribution >= 4 is 22.0 Å². The minimum Gasteiger partial charge on any atom is -0.329 e. The van der Waals surface area contributed by atoms with Gasteiger partial charge >= 0.3 is 6.03 Å². The second-order valence-corrected chi connectivity index (χ2v) is 7.75. The number of carbonyl (C=O) groups is 2. The van der Waals surface area contributed by atoms with Crippen LogP contribution in [0.3, 0.4) is 0 Å². The molecular weight excluding hydrogens is 306 g/mol. The fraction of sp³-hybridized carbons (Fsp3) is 0.429. The van der Waals surface area contributed by atoms with Crippen molar-refractivity contribution in [3.05, 3.63) is 29.8 Å². The van der Waals surface area contributed by atoms with Crippen LogP contribution < -0.4 is 10.0 Å². The number of nitrogens with one attached hydrogen (secondary N) is 2. The smallest absolute Gasteiger partial charge is 0.324 e. The van der Waals surface area contributed by atoms with E-state index in [1.165, 1.54) is 6.07 Å². The number of sulfonamides is 1. The first-order valence-corrected chi connectivity index (χ1v) is 8.28. The van der Waals surface area contributed by atoms with Gasteiger partial charge in [0, 0.05) is 5.54 Å². The van der Waals surface area contributed by atoms with Crippen LogP contribution in [0.2, 0.25) is 0 Å². The molecule has 0 saturated carbocycles. The highest BCUT2D eigenvalue weighted by Crippen LogP contribution is 2.20. The highest BCUT2D eigenvalue weighted by atomic mass is 32.2. The van der Waals surface area contributed by atoms with E-state index >= 15 is 0 Å². The van der Waals surface area contributed by atoms with E-state index in [4.69, 9.17) is 0 Å². The Morgan fingerprint density at radius 2 is 1.86 bits per heavy atom. The maximum atomic E-state index is 12.5. The van der Waals surface area contributed by atoms with E-state index < -0.39 is 21.6 Å². The summed E-state index contributed by atoms with van der Waals surface area (Å²) in [4.78, 5) is 24.3. The lowest BCUT2D eigenvalue weighted by Gasteiger charge is -2.22. The van der Waals surface area contributed by atoms with E-state index in [-0.39, 0.29) is 23.9 Å². The fourth-order valence-corrected chi connectivity index (χ4v) is 3.79. The standard InChI is InChI=1S/C14H19N3O4S/c1-14(2,3)16-22(20,21)11-7-5-4-6-10(11)9-17-12(18)8-15-13(17)19/h4-7,16H,8-9H2,1-3H3,(H,15,19). The van der Waals surface area contributed by atoms with Crippen molar-refractivity contribution in [2.75, 3.05) is 6.54 Å². The summed E-state index contributed by atoms with van der Waals surface area (Å²) in [6.07, 6.45) is 0. The third-order valence-corrected chi connectivity index (χ3v) is 4.83. The molecule has 0 bridgehead atoms. The van der Waals surface area contributed by atoms with Crippen LogP contribution in [0.1, 0.15) is 26.3 Å². The van der Waals surface area contributed by atoms with Crippen molar-refractivity contribution in [1.29, 1.82) is 0 Å². The summed E-state index contributed by atoms with van der Waals surface area (Å²) in [5.41, 5.74) is -0.239. The Balaban J connectivity index is 2.35. The quantitative estimate of drug-likeness (QED) is 0.801. The van der Waals surface area contributed by atoms with Gasteiger partial charge in [0.2, 0.25) is 15.9 Å². The van der Waals surface area contributed by atoms with Gasteiger partial charge in [-0.2, -0.15) is 0 Å². The van der Waals surface area contributed by atoms with Crippen molar-refractivity contribution in [3.63, 3.8) is 0 Å². The zero-order valence-electron chi connectivity index (χ0n) is 12.7. The summed E-state index contributed by atoms with van der Waals surface area (Å²) in [5.74, 6) is -0.374. The van der Waals surface area contributed by atoms with E-state index in [2.05, 4.69) is 10.0 Å². The highest BCUT2D eigenvalue weighted by molar-refractivity contribution is 7.89. The van der Waals surface area contributed by atoms with Crippen molar-refractivity contribution in [1.82, 2.24) is 14.9 Å². The van der Waals surface area contributed by atoms with Gasteiger partial charge in [0.25, 0.3) is 0 Å². The summed E-state index contributed by atoms with van der Waals surface area (Å²) in [6.45, 7) is 5.08. The normalized spacial score (nSPS) is 16.0. The van der Waals surface area contributed by atoms with Crippen LogP contribution in [-0.4, -0.2) is 37.3 Å². The van der Waals surface area contributed by atoms with Crippen LogP contribution >= 0.6 is 0 Å². The third kappa shape index (κ3) is 3.63. The molecule has 0 spiro atoms. The van der Waals surface area contributed by atoms with Gasteiger partial charge in [-0.1, -0.05) is 18.2 Å². The molecule has 7 nitrogen and oxygen atoms in total. The molecule has 0 aromatic heterocycles. The van der Waals surface area contributed by atoms with E-state index in [9.17, 15) is 18.0 Å². The lowest BCUT2D eigenvalue weighted by atomic mass is 10.1.